The molecule has 2 saturated heterocycles. The lowest BCUT2D eigenvalue weighted by molar-refractivity contribution is 0.0214. The molecule has 6 rings (SSSR count). The first-order chi connectivity index (χ1) is 17.3. The number of ether oxygens (including phenoxy) is 1. The summed E-state index contributed by atoms with van der Waals surface area (Å²) in [7, 11) is 0. The molecule has 1 aromatic carbocycles. The summed E-state index contributed by atoms with van der Waals surface area (Å²) in [5.74, 6) is -0.371. The van der Waals surface area contributed by atoms with Crippen molar-refractivity contribution in [3.8, 4) is 5.75 Å². The number of nitrogens with zero attached hydrogens (tertiary/aromatic N) is 5. The number of fused-ring (bicyclic) bond motifs is 5. The smallest absolute Gasteiger partial charge is 0.258 e. The maximum Gasteiger partial charge on any atom is 0.258 e. The molecule has 1 amide bonds. The fourth-order valence-corrected chi connectivity index (χ4v) is 6.20. The number of amides is 1. The highest BCUT2D eigenvalue weighted by molar-refractivity contribution is 6.31. The average Bonchev–Trinajstić information content (AvgIpc) is 3.45. The van der Waals surface area contributed by atoms with Crippen LogP contribution < -0.4 is 4.74 Å². The van der Waals surface area contributed by atoms with Crippen molar-refractivity contribution < 1.29 is 19.0 Å². The van der Waals surface area contributed by atoms with Crippen LogP contribution in [-0.2, 0) is 13.1 Å². The van der Waals surface area contributed by atoms with E-state index in [2.05, 4.69) is 15.0 Å². The maximum absolute atomic E-state index is 14.3. The van der Waals surface area contributed by atoms with Gasteiger partial charge in [-0.2, -0.15) is 5.10 Å². The molecule has 36 heavy (non-hydrogen) atoms. The predicted octanol–water partition coefficient (Wildman–Crippen LogP) is 3.74. The zero-order chi connectivity index (χ0) is 25.1. The monoisotopic (exact) mass is 513 g/mol. The van der Waals surface area contributed by atoms with Crippen LogP contribution in [-0.4, -0.2) is 66.2 Å². The van der Waals surface area contributed by atoms with Gasteiger partial charge < -0.3 is 14.7 Å². The topological polar surface area (TPSA) is 83.2 Å². The molecule has 10 heteroatoms. The molecule has 2 aromatic heterocycles. The van der Waals surface area contributed by atoms with Crippen LogP contribution in [0, 0.1) is 12.7 Å². The Hall–Kier alpha value is -2.75. The number of carbonyl (C=O) groups is 1. The van der Waals surface area contributed by atoms with E-state index in [9.17, 15) is 14.3 Å². The molecule has 8 nitrogen and oxygen atoms in total. The minimum Gasteiger partial charge on any atom is -0.489 e. The Bertz CT molecular complexity index is 1330. The van der Waals surface area contributed by atoms with E-state index in [1.54, 1.807) is 15.6 Å². The molecule has 0 aliphatic carbocycles. The minimum absolute atomic E-state index is 0.0991. The van der Waals surface area contributed by atoms with E-state index in [1.165, 1.54) is 18.2 Å². The molecule has 1 N–H and O–H groups in total. The lowest BCUT2D eigenvalue weighted by Gasteiger charge is -2.39. The van der Waals surface area contributed by atoms with E-state index in [0.717, 1.165) is 42.6 Å². The van der Waals surface area contributed by atoms with E-state index in [0.29, 0.717) is 48.0 Å². The maximum atomic E-state index is 14.3. The van der Waals surface area contributed by atoms with Gasteiger partial charge in [-0.3, -0.25) is 9.69 Å². The summed E-state index contributed by atoms with van der Waals surface area (Å²) < 4.78 is 22.3. The zero-order valence-electron chi connectivity index (χ0n) is 20.3. The third-order valence-corrected chi connectivity index (χ3v) is 8.13. The van der Waals surface area contributed by atoms with Gasteiger partial charge in [0.15, 0.2) is 5.65 Å². The van der Waals surface area contributed by atoms with Gasteiger partial charge in [0.05, 0.1) is 41.2 Å². The van der Waals surface area contributed by atoms with E-state index in [4.69, 9.17) is 16.3 Å². The number of halogens is 2. The van der Waals surface area contributed by atoms with Crippen LogP contribution in [0.1, 0.15) is 59.9 Å². The molecular formula is C26H29ClFN5O3. The number of piperidine rings is 1. The Balaban J connectivity index is 1.21. The highest BCUT2D eigenvalue weighted by Gasteiger charge is 2.42. The second-order valence-corrected chi connectivity index (χ2v) is 10.7. The van der Waals surface area contributed by atoms with Crippen molar-refractivity contribution in [3.05, 3.63) is 57.8 Å². The lowest BCUT2D eigenvalue weighted by Crippen LogP contribution is -2.48. The second-order valence-electron chi connectivity index (χ2n) is 10.3. The third-order valence-electron chi connectivity index (χ3n) is 7.76. The number of rotatable bonds is 5. The standard InChI is InChI=1S/C26H29ClFN5O3/c1-14(34)11-32-17-4-5-18(32)9-19(8-17)36-24-7-16(28)3-6-20(24)26(35)31-12-21-23(13-31)30-33-15(2)22(27)10-29-25(21)33/h3,6-7,10,14,17-19,34H,4-5,8-9,11-13H2,1-2H3/t14?,17-,18+,19+. The Morgan fingerprint density at radius 3 is 2.75 bits per heavy atom. The molecule has 3 aromatic rings. The normalized spacial score (nSPS) is 24.4. The quantitative estimate of drug-likeness (QED) is 0.559. The highest BCUT2D eigenvalue weighted by atomic mass is 35.5. The molecule has 3 aliphatic rings. The van der Waals surface area contributed by atoms with Gasteiger partial charge in [0.25, 0.3) is 5.91 Å². The van der Waals surface area contributed by atoms with Crippen molar-refractivity contribution in [3.63, 3.8) is 0 Å². The average molecular weight is 514 g/mol. The van der Waals surface area contributed by atoms with Gasteiger partial charge in [-0.1, -0.05) is 11.6 Å². The Kier molecular flexibility index (Phi) is 5.89. The van der Waals surface area contributed by atoms with Crippen LogP contribution in [0.15, 0.2) is 24.4 Å². The molecule has 2 fully saturated rings. The number of aryl methyl sites for hydroxylation is 1. The van der Waals surface area contributed by atoms with Gasteiger partial charge in [-0.05, 0) is 51.7 Å². The molecule has 1 unspecified atom stereocenters. The van der Waals surface area contributed by atoms with E-state index < -0.39 is 5.82 Å². The van der Waals surface area contributed by atoms with Gasteiger partial charge in [0, 0.05) is 36.5 Å². The molecule has 2 bridgehead atoms. The Morgan fingerprint density at radius 1 is 1.28 bits per heavy atom. The van der Waals surface area contributed by atoms with Crippen molar-refractivity contribution in [2.24, 2.45) is 0 Å². The molecular weight excluding hydrogens is 485 g/mol. The summed E-state index contributed by atoms with van der Waals surface area (Å²) in [6.45, 7) is 5.06. The highest BCUT2D eigenvalue weighted by Crippen LogP contribution is 2.38. The van der Waals surface area contributed by atoms with Crippen molar-refractivity contribution >= 4 is 23.2 Å². The Labute approximate surface area is 213 Å². The number of hydrogen-bond donors (Lipinski definition) is 1. The van der Waals surface area contributed by atoms with Crippen molar-refractivity contribution in [2.45, 2.75) is 76.9 Å². The van der Waals surface area contributed by atoms with Gasteiger partial charge in [-0.25, -0.2) is 13.9 Å². The molecule has 0 saturated carbocycles. The molecule has 190 valence electrons. The molecule has 4 atom stereocenters. The number of aromatic nitrogens is 3. The molecule has 5 heterocycles. The SMILES string of the molecule is Cc1c(Cl)cnc2c3c(nn12)CN(C(=O)c1ccc(F)cc1O[C@H]1C[C@H]2CC[C@@H](C1)N2CC(C)O)C3. The summed E-state index contributed by atoms with van der Waals surface area (Å²) in [6.07, 6.45) is 4.86. The van der Waals surface area contributed by atoms with Gasteiger partial charge in [0.2, 0.25) is 0 Å². The summed E-state index contributed by atoms with van der Waals surface area (Å²) in [4.78, 5) is 22.1. The van der Waals surface area contributed by atoms with Crippen molar-refractivity contribution in [2.75, 3.05) is 6.54 Å². The van der Waals surface area contributed by atoms with E-state index in [-0.39, 0.29) is 23.9 Å². The van der Waals surface area contributed by atoms with Crippen molar-refractivity contribution in [1.29, 1.82) is 0 Å². The summed E-state index contributed by atoms with van der Waals surface area (Å²) >= 11 is 6.19. The van der Waals surface area contributed by atoms with Gasteiger partial charge in [-0.15, -0.1) is 0 Å². The first-order valence-corrected chi connectivity index (χ1v) is 12.9. The molecule has 3 aliphatic heterocycles. The fraction of sp³-hybridized carbons (Fsp3) is 0.500. The largest absolute Gasteiger partial charge is 0.489 e. The predicted molar refractivity (Wildman–Crippen MR) is 132 cm³/mol. The van der Waals surface area contributed by atoms with Crippen LogP contribution in [0.3, 0.4) is 0 Å². The number of aliphatic hydroxyl groups is 1. The van der Waals surface area contributed by atoms with Crippen LogP contribution in [0.2, 0.25) is 5.02 Å². The van der Waals surface area contributed by atoms with Crippen LogP contribution in [0.25, 0.3) is 5.65 Å². The fourth-order valence-electron chi connectivity index (χ4n) is 6.07. The number of benzene rings is 1. The zero-order valence-corrected chi connectivity index (χ0v) is 21.1. The number of carbonyl (C=O) groups excluding carboxylic acids is 1. The summed E-state index contributed by atoms with van der Waals surface area (Å²) in [5, 5.41) is 15.0. The minimum atomic E-state index is -0.435. The van der Waals surface area contributed by atoms with Gasteiger partial charge in [0.1, 0.15) is 17.7 Å². The third kappa shape index (κ3) is 4.03. The molecule has 0 radical (unpaired) electrons. The van der Waals surface area contributed by atoms with Crippen LogP contribution in [0.4, 0.5) is 4.39 Å². The number of aliphatic hydroxyl groups excluding tert-OH is 1. The first kappa shape index (κ1) is 23.6. The van der Waals surface area contributed by atoms with E-state index >= 15 is 0 Å². The van der Waals surface area contributed by atoms with Gasteiger partial charge >= 0.3 is 0 Å². The van der Waals surface area contributed by atoms with Crippen LogP contribution in [0.5, 0.6) is 5.75 Å². The summed E-state index contributed by atoms with van der Waals surface area (Å²) in [5.41, 5.74) is 3.53. The van der Waals surface area contributed by atoms with E-state index in [1.807, 2.05) is 13.8 Å². The van der Waals surface area contributed by atoms with Crippen molar-refractivity contribution in [1.82, 2.24) is 24.4 Å². The first-order valence-electron chi connectivity index (χ1n) is 12.5. The molecule has 0 spiro atoms. The Morgan fingerprint density at radius 2 is 2.03 bits per heavy atom. The lowest BCUT2D eigenvalue weighted by atomic mass is 9.99. The summed E-state index contributed by atoms with van der Waals surface area (Å²) in [6, 6.07) is 4.80. The van der Waals surface area contributed by atoms with Crippen LogP contribution >= 0.6 is 11.6 Å². The number of hydrogen-bond acceptors (Lipinski definition) is 6. The second kappa shape index (κ2) is 8.97.